The van der Waals surface area contributed by atoms with Gasteiger partial charge >= 0.3 is 136 Å². The molecule has 1 fully saturated rings. The van der Waals surface area contributed by atoms with Crippen molar-refractivity contribution in [3.63, 3.8) is 0 Å². The van der Waals surface area contributed by atoms with Crippen LogP contribution in [0.25, 0.3) is 0 Å². The Labute approximate surface area is 136 Å². The third-order valence-corrected chi connectivity index (χ3v) is 2.94. The molecule has 1 aromatic rings. The SMILES string of the molecule is CO[C](=[Cr])C1CC1c1ccco1.[C-]#[O+].[C-]#[O+].[C-]#[O+].[C-]#[O+].[C-]#[O+]. The Bertz CT molecular complexity index is 433. The van der Waals surface area contributed by atoms with Crippen molar-refractivity contribution in [1.29, 1.82) is 0 Å². The first-order valence-corrected chi connectivity index (χ1v) is 5.60. The number of hydrogen-bond donors (Lipinski definition) is 0. The van der Waals surface area contributed by atoms with Gasteiger partial charge in [0.1, 0.15) is 0 Å². The van der Waals surface area contributed by atoms with Crippen LogP contribution in [0.2, 0.25) is 0 Å². The van der Waals surface area contributed by atoms with E-state index in [0.717, 1.165) is 16.7 Å². The predicted molar refractivity (Wildman–Crippen MR) is 61.2 cm³/mol. The van der Waals surface area contributed by atoms with Gasteiger partial charge in [0.05, 0.1) is 0 Å². The summed E-state index contributed by atoms with van der Waals surface area (Å²) >= 11 is 2.93. The van der Waals surface area contributed by atoms with Gasteiger partial charge in [-0.2, -0.15) is 0 Å². The molecule has 2 atom stereocenters. The molecule has 0 radical (unpaired) electrons. The van der Waals surface area contributed by atoms with E-state index in [1.807, 2.05) is 12.1 Å². The van der Waals surface area contributed by atoms with Crippen molar-refractivity contribution in [3.05, 3.63) is 57.4 Å². The molecular formula is C14H10CrO7. The monoisotopic (exact) mass is 342 g/mol. The summed E-state index contributed by atoms with van der Waals surface area (Å²) in [5.41, 5.74) is 0. The van der Waals surface area contributed by atoms with Gasteiger partial charge in [-0.25, -0.2) is 0 Å². The summed E-state index contributed by atoms with van der Waals surface area (Å²) in [7, 11) is 1.70. The summed E-state index contributed by atoms with van der Waals surface area (Å²) in [6, 6.07) is 3.95. The molecule has 8 heteroatoms. The zero-order valence-corrected chi connectivity index (χ0v) is 12.6. The summed E-state index contributed by atoms with van der Waals surface area (Å²) < 4.78 is 48.9. The van der Waals surface area contributed by atoms with Crippen LogP contribution in [0.3, 0.4) is 0 Å². The van der Waals surface area contributed by atoms with Crippen molar-refractivity contribution in [3.8, 4) is 0 Å². The number of ether oxygens (including phenoxy) is 1. The minimum absolute atomic E-state index is 0.529. The van der Waals surface area contributed by atoms with Gasteiger partial charge in [0, 0.05) is 0 Å². The van der Waals surface area contributed by atoms with Gasteiger partial charge in [0.15, 0.2) is 0 Å². The molecule has 0 saturated heterocycles. The van der Waals surface area contributed by atoms with E-state index in [1.54, 1.807) is 13.4 Å². The summed E-state index contributed by atoms with van der Waals surface area (Å²) in [4.78, 5) is 0. The van der Waals surface area contributed by atoms with E-state index in [9.17, 15) is 0 Å². The number of furan rings is 1. The predicted octanol–water partition coefficient (Wildman–Crippen LogP) is 1.52. The Kier molecular flexibility index (Phi) is 31.6. The molecule has 22 heavy (non-hydrogen) atoms. The molecule has 0 N–H and O–H groups in total. The molecule has 0 bridgehead atoms. The molecule has 114 valence electrons. The van der Waals surface area contributed by atoms with Crippen molar-refractivity contribution in [2.75, 3.05) is 7.11 Å². The fourth-order valence-corrected chi connectivity index (χ4v) is 1.83. The van der Waals surface area contributed by atoms with Crippen LogP contribution in [0.15, 0.2) is 22.8 Å². The molecule has 0 spiro atoms. The van der Waals surface area contributed by atoms with Crippen LogP contribution in [0, 0.1) is 39.2 Å². The van der Waals surface area contributed by atoms with Crippen molar-refractivity contribution in [1.82, 2.24) is 0 Å². The third kappa shape index (κ3) is 12.1. The van der Waals surface area contributed by atoms with Gasteiger partial charge in [-0.15, -0.1) is 0 Å². The Morgan fingerprint density at radius 2 is 1.55 bits per heavy atom. The van der Waals surface area contributed by atoms with Crippen LogP contribution in [0.5, 0.6) is 0 Å². The molecule has 0 aromatic carbocycles. The van der Waals surface area contributed by atoms with Crippen molar-refractivity contribution in [2.24, 2.45) is 5.92 Å². The van der Waals surface area contributed by atoms with E-state index < -0.39 is 0 Å². The molecule has 2 unspecified atom stereocenters. The molecule has 2 rings (SSSR count). The first-order valence-electron chi connectivity index (χ1n) is 4.96. The zero-order valence-electron chi connectivity index (χ0n) is 11.4. The van der Waals surface area contributed by atoms with E-state index in [2.05, 4.69) is 49.1 Å². The molecule has 1 aliphatic rings. The third-order valence-electron chi connectivity index (χ3n) is 2.20. The fourth-order valence-electron chi connectivity index (χ4n) is 1.42. The summed E-state index contributed by atoms with van der Waals surface area (Å²) in [6.45, 7) is 22.5. The van der Waals surface area contributed by atoms with E-state index in [1.165, 1.54) is 0 Å². The van der Waals surface area contributed by atoms with Gasteiger partial charge in [-0.05, 0) is 0 Å². The van der Waals surface area contributed by atoms with Gasteiger partial charge < -0.3 is 0 Å². The topological polar surface area (TPSA) is 122 Å². The molecular weight excluding hydrogens is 332 g/mol. The van der Waals surface area contributed by atoms with Crippen LogP contribution in [-0.2, 0) is 43.8 Å². The molecule has 1 saturated carbocycles. The Morgan fingerprint density at radius 3 is 1.86 bits per heavy atom. The Balaban J connectivity index is -0.000000139. The van der Waals surface area contributed by atoms with E-state index in [0.29, 0.717) is 11.8 Å². The second-order valence-corrected chi connectivity index (χ2v) is 3.62. The first kappa shape index (κ1) is 28.5. The average Bonchev–Trinajstić information content (AvgIpc) is 3.27. The Hall–Kier alpha value is -1.66. The summed E-state index contributed by atoms with van der Waals surface area (Å²) in [6.07, 6.45) is 2.86. The van der Waals surface area contributed by atoms with Crippen molar-refractivity contribution in [2.45, 2.75) is 12.3 Å². The molecule has 0 aliphatic heterocycles. The number of methoxy groups -OCH3 is 1. The van der Waals surface area contributed by atoms with Crippen molar-refractivity contribution >= 4 is 4.57 Å². The van der Waals surface area contributed by atoms with Crippen LogP contribution in [0.4, 0.5) is 0 Å². The summed E-state index contributed by atoms with van der Waals surface area (Å²) in [5, 5.41) is 0. The average molecular weight is 342 g/mol. The molecule has 0 amide bonds. The Morgan fingerprint density at radius 1 is 1.09 bits per heavy atom. The maximum atomic E-state index is 7.50. The second-order valence-electron chi connectivity index (χ2n) is 2.99. The van der Waals surface area contributed by atoms with Crippen LogP contribution in [-0.4, -0.2) is 11.7 Å². The standard InChI is InChI=1S/C9H10O2.5CO.Cr/c1-10-6-7-5-8(7)9-3-2-4-11-9;5*1-2;/h2-4,7-8H,5H2,1H3;;;;;;. The van der Waals surface area contributed by atoms with Crippen LogP contribution in [0.1, 0.15) is 18.1 Å². The first-order chi connectivity index (χ1) is 10.8. The maximum absolute atomic E-state index is 7.50. The van der Waals surface area contributed by atoms with Gasteiger partial charge in [-0.3, -0.25) is 0 Å². The van der Waals surface area contributed by atoms with E-state index >= 15 is 0 Å². The number of rotatable bonds is 3. The second kappa shape index (κ2) is 24.4. The zero-order chi connectivity index (χ0) is 18.6. The quantitative estimate of drug-likeness (QED) is 0.611. The molecule has 7 nitrogen and oxygen atoms in total. The molecule has 1 aliphatic carbocycles. The van der Waals surface area contributed by atoms with Crippen LogP contribution >= 0.6 is 0 Å². The van der Waals surface area contributed by atoms with Crippen molar-refractivity contribution < 1.29 is 48.3 Å². The van der Waals surface area contributed by atoms with E-state index in [-0.39, 0.29) is 0 Å². The van der Waals surface area contributed by atoms with Gasteiger partial charge in [0.2, 0.25) is 0 Å². The number of hydrogen-bond acceptors (Lipinski definition) is 2. The van der Waals surface area contributed by atoms with E-state index in [4.69, 9.17) is 32.4 Å². The van der Waals surface area contributed by atoms with Gasteiger partial charge in [0.25, 0.3) is 0 Å². The minimum atomic E-state index is 0.529. The normalized spacial score (nSPS) is 15.2. The molecule has 1 aromatic heterocycles. The van der Waals surface area contributed by atoms with Gasteiger partial charge in [-0.1, -0.05) is 0 Å². The molecule has 1 heterocycles. The summed E-state index contributed by atoms with van der Waals surface area (Å²) in [5.74, 6) is 2.14. The fraction of sp³-hybridized carbons (Fsp3) is 0.286. The van der Waals surface area contributed by atoms with Crippen LogP contribution < -0.4 is 0 Å².